The van der Waals surface area contributed by atoms with Crippen LogP contribution in [0.4, 0.5) is 0 Å². The summed E-state index contributed by atoms with van der Waals surface area (Å²) >= 11 is 0. The zero-order chi connectivity index (χ0) is 11.3. The van der Waals surface area contributed by atoms with Gasteiger partial charge < -0.3 is 10.5 Å². The first kappa shape index (κ1) is 13.1. The zero-order valence-corrected chi connectivity index (χ0v) is 10.6. The molecule has 0 aromatic rings. The van der Waals surface area contributed by atoms with Crippen molar-refractivity contribution >= 4 is 10.8 Å². The molecular formula is C11H23NO2S. The molecule has 0 bridgehead atoms. The minimum atomic E-state index is -0.764. The van der Waals surface area contributed by atoms with Crippen molar-refractivity contribution in [3.8, 4) is 0 Å². The van der Waals surface area contributed by atoms with Gasteiger partial charge in [0.1, 0.15) is 0 Å². The average Bonchev–Trinajstić information content (AvgIpc) is 2.29. The van der Waals surface area contributed by atoms with Crippen LogP contribution in [-0.4, -0.2) is 34.5 Å². The summed E-state index contributed by atoms with van der Waals surface area (Å²) < 4.78 is 17.3. The van der Waals surface area contributed by atoms with Gasteiger partial charge in [-0.3, -0.25) is 4.21 Å². The normalized spacial score (nSPS) is 24.7. The van der Waals surface area contributed by atoms with Crippen LogP contribution >= 0.6 is 0 Å². The molecule has 1 saturated heterocycles. The van der Waals surface area contributed by atoms with Gasteiger partial charge in [0.15, 0.2) is 0 Å². The molecular weight excluding hydrogens is 210 g/mol. The van der Waals surface area contributed by atoms with Crippen LogP contribution in [0.2, 0.25) is 0 Å². The monoisotopic (exact) mass is 233 g/mol. The molecule has 0 spiro atoms. The maximum absolute atomic E-state index is 12.0. The van der Waals surface area contributed by atoms with E-state index in [-0.39, 0.29) is 6.04 Å². The Kier molecular flexibility index (Phi) is 5.79. The summed E-state index contributed by atoms with van der Waals surface area (Å²) in [5.41, 5.74) is 6.01. The Morgan fingerprint density at radius 3 is 2.60 bits per heavy atom. The first-order valence-corrected chi connectivity index (χ1v) is 7.23. The first-order valence-electron chi connectivity index (χ1n) is 5.85. The van der Waals surface area contributed by atoms with Crippen LogP contribution in [0.1, 0.15) is 33.1 Å². The van der Waals surface area contributed by atoms with Crippen LogP contribution in [-0.2, 0) is 15.5 Å². The molecule has 1 heterocycles. The Morgan fingerprint density at radius 1 is 1.47 bits per heavy atom. The van der Waals surface area contributed by atoms with Crippen LogP contribution in [0.15, 0.2) is 0 Å². The molecule has 3 atom stereocenters. The number of ether oxygens (including phenoxy) is 1. The maximum atomic E-state index is 12.0. The van der Waals surface area contributed by atoms with Crippen LogP contribution < -0.4 is 5.73 Å². The van der Waals surface area contributed by atoms with Crippen molar-refractivity contribution in [1.29, 1.82) is 0 Å². The molecule has 0 radical (unpaired) electrons. The molecule has 3 nitrogen and oxygen atoms in total. The fourth-order valence-electron chi connectivity index (χ4n) is 1.73. The summed E-state index contributed by atoms with van der Waals surface area (Å²) in [6.07, 6.45) is 2.92. The van der Waals surface area contributed by atoms with Crippen LogP contribution in [0.25, 0.3) is 0 Å². The van der Waals surface area contributed by atoms with Gasteiger partial charge in [0.05, 0.1) is 0 Å². The number of hydrogen-bond donors (Lipinski definition) is 1. The molecule has 15 heavy (non-hydrogen) atoms. The summed E-state index contributed by atoms with van der Waals surface area (Å²) in [5, 5.41) is 0.314. The quantitative estimate of drug-likeness (QED) is 0.778. The smallest absolute Gasteiger partial charge is 0.0477 e. The van der Waals surface area contributed by atoms with E-state index in [0.717, 1.165) is 32.5 Å². The van der Waals surface area contributed by atoms with E-state index in [1.165, 1.54) is 0 Å². The predicted octanol–water partition coefficient (Wildman–Crippen LogP) is 1.29. The third-order valence-corrected chi connectivity index (χ3v) is 5.20. The highest BCUT2D eigenvalue weighted by molar-refractivity contribution is 7.85. The molecule has 3 unspecified atom stereocenters. The molecule has 0 aliphatic carbocycles. The fourth-order valence-corrected chi connectivity index (χ4v) is 3.43. The summed E-state index contributed by atoms with van der Waals surface area (Å²) in [6, 6.07) is 0.0821. The van der Waals surface area contributed by atoms with Crippen molar-refractivity contribution in [3.63, 3.8) is 0 Å². The summed E-state index contributed by atoms with van der Waals surface area (Å²) in [7, 11) is -0.764. The van der Waals surface area contributed by atoms with Crippen LogP contribution in [0.5, 0.6) is 0 Å². The van der Waals surface area contributed by atoms with E-state index in [0.29, 0.717) is 16.9 Å². The number of hydrogen-bond acceptors (Lipinski definition) is 3. The van der Waals surface area contributed by atoms with Gasteiger partial charge in [-0.15, -0.1) is 0 Å². The Bertz CT molecular complexity index is 205. The second kappa shape index (κ2) is 6.61. The molecule has 1 fully saturated rings. The average molecular weight is 233 g/mol. The zero-order valence-electron chi connectivity index (χ0n) is 9.78. The Hall–Kier alpha value is 0.0700. The number of nitrogens with two attached hydrogens (primary N) is 1. The molecule has 1 rings (SSSR count). The molecule has 0 aromatic heterocycles. The Morgan fingerprint density at radius 2 is 2.07 bits per heavy atom. The standard InChI is InChI=1S/C11H23NO2S/c1-3-9(2)11(12)8-15(13)10-4-6-14-7-5-10/h9-11H,3-8,12H2,1-2H3. The molecule has 4 heteroatoms. The van der Waals surface area contributed by atoms with Gasteiger partial charge in [-0.2, -0.15) is 0 Å². The third-order valence-electron chi connectivity index (χ3n) is 3.27. The third kappa shape index (κ3) is 4.21. The van der Waals surface area contributed by atoms with Gasteiger partial charge in [-0.05, 0) is 18.8 Å². The van der Waals surface area contributed by atoms with Crippen molar-refractivity contribution in [2.45, 2.75) is 44.4 Å². The van der Waals surface area contributed by atoms with E-state index in [9.17, 15) is 4.21 Å². The summed E-state index contributed by atoms with van der Waals surface area (Å²) in [4.78, 5) is 0. The highest BCUT2D eigenvalue weighted by atomic mass is 32.2. The lowest BCUT2D eigenvalue weighted by Gasteiger charge is -2.24. The second-order valence-corrected chi connectivity index (χ2v) is 6.17. The largest absolute Gasteiger partial charge is 0.381 e. The van der Waals surface area contributed by atoms with Crippen molar-refractivity contribution in [1.82, 2.24) is 0 Å². The maximum Gasteiger partial charge on any atom is 0.0477 e. The van der Waals surface area contributed by atoms with E-state index in [1.807, 2.05) is 0 Å². The van der Waals surface area contributed by atoms with Crippen molar-refractivity contribution in [2.24, 2.45) is 11.7 Å². The lowest BCUT2D eigenvalue weighted by molar-refractivity contribution is 0.0991. The first-order chi connectivity index (χ1) is 7.15. The molecule has 1 aliphatic heterocycles. The summed E-state index contributed by atoms with van der Waals surface area (Å²) in [5.74, 6) is 1.12. The van der Waals surface area contributed by atoms with Gasteiger partial charge in [0.25, 0.3) is 0 Å². The SMILES string of the molecule is CCC(C)C(N)CS(=O)C1CCOCC1. The van der Waals surface area contributed by atoms with Crippen molar-refractivity contribution in [3.05, 3.63) is 0 Å². The van der Waals surface area contributed by atoms with E-state index < -0.39 is 10.8 Å². The second-order valence-electron chi connectivity index (χ2n) is 4.41. The Labute approximate surface area is 95.2 Å². The van der Waals surface area contributed by atoms with Gasteiger partial charge >= 0.3 is 0 Å². The predicted molar refractivity (Wildman–Crippen MR) is 64.3 cm³/mol. The summed E-state index contributed by atoms with van der Waals surface area (Å²) in [6.45, 7) is 5.78. The lowest BCUT2D eigenvalue weighted by Crippen LogP contribution is -2.37. The molecule has 90 valence electrons. The van der Waals surface area contributed by atoms with E-state index in [1.54, 1.807) is 0 Å². The van der Waals surface area contributed by atoms with Gasteiger partial charge in [0, 0.05) is 41.1 Å². The molecule has 1 aliphatic rings. The fraction of sp³-hybridized carbons (Fsp3) is 1.00. The van der Waals surface area contributed by atoms with Crippen molar-refractivity contribution in [2.75, 3.05) is 19.0 Å². The minimum absolute atomic E-state index is 0.0821. The Balaban J connectivity index is 2.33. The van der Waals surface area contributed by atoms with E-state index >= 15 is 0 Å². The van der Waals surface area contributed by atoms with E-state index in [4.69, 9.17) is 10.5 Å². The van der Waals surface area contributed by atoms with Gasteiger partial charge in [0.2, 0.25) is 0 Å². The molecule has 2 N–H and O–H groups in total. The van der Waals surface area contributed by atoms with Crippen molar-refractivity contribution < 1.29 is 8.95 Å². The number of rotatable bonds is 5. The molecule has 0 saturated carbocycles. The minimum Gasteiger partial charge on any atom is -0.381 e. The van der Waals surface area contributed by atoms with Gasteiger partial charge in [-0.25, -0.2) is 0 Å². The van der Waals surface area contributed by atoms with Crippen LogP contribution in [0, 0.1) is 5.92 Å². The van der Waals surface area contributed by atoms with E-state index in [2.05, 4.69) is 13.8 Å². The highest BCUT2D eigenvalue weighted by Crippen LogP contribution is 2.16. The molecule has 0 amide bonds. The van der Waals surface area contributed by atoms with Crippen LogP contribution in [0.3, 0.4) is 0 Å². The molecule has 0 aromatic carbocycles. The lowest BCUT2D eigenvalue weighted by atomic mass is 10.0. The van der Waals surface area contributed by atoms with Gasteiger partial charge in [-0.1, -0.05) is 20.3 Å². The topological polar surface area (TPSA) is 52.3 Å². The highest BCUT2D eigenvalue weighted by Gasteiger charge is 2.23.